The second-order valence-corrected chi connectivity index (χ2v) is 7.99. The number of hydrogen-bond acceptors (Lipinski definition) is 2. The first kappa shape index (κ1) is 17.6. The van der Waals surface area contributed by atoms with E-state index in [0.29, 0.717) is 10.0 Å². The lowest BCUT2D eigenvalue weighted by Crippen LogP contribution is -2.34. The summed E-state index contributed by atoms with van der Waals surface area (Å²) in [5.74, 6) is 0.381. The zero-order valence-electron chi connectivity index (χ0n) is 14.9. The highest BCUT2D eigenvalue weighted by Gasteiger charge is 2.33. The van der Waals surface area contributed by atoms with Gasteiger partial charge in [-0.25, -0.2) is 0 Å². The van der Waals surface area contributed by atoms with Crippen molar-refractivity contribution < 1.29 is 5.11 Å². The molecule has 140 valence electrons. The van der Waals surface area contributed by atoms with Crippen molar-refractivity contribution in [2.75, 3.05) is 6.54 Å². The maximum atomic E-state index is 9.65. The number of halogens is 2. The molecule has 4 aromatic rings. The minimum Gasteiger partial charge on any atom is -0.508 e. The summed E-state index contributed by atoms with van der Waals surface area (Å²) in [4.78, 5) is 3.62. The number of aromatic hydroxyl groups is 1. The molecule has 0 aliphatic carbocycles. The van der Waals surface area contributed by atoms with Crippen LogP contribution in [-0.2, 0) is 0 Å². The number of fused-ring (bicyclic) bond motifs is 3. The molecule has 3 N–H and O–H groups in total. The fourth-order valence-electron chi connectivity index (χ4n) is 4.23. The number of aromatic amines is 1. The van der Waals surface area contributed by atoms with Gasteiger partial charge in [-0.15, -0.1) is 0 Å². The van der Waals surface area contributed by atoms with Crippen molar-refractivity contribution in [1.82, 2.24) is 10.3 Å². The summed E-state index contributed by atoms with van der Waals surface area (Å²) >= 11 is 12.7. The third-order valence-electron chi connectivity index (χ3n) is 5.50. The Balaban J connectivity index is 1.71. The van der Waals surface area contributed by atoms with Crippen molar-refractivity contribution in [3.05, 3.63) is 99.2 Å². The van der Waals surface area contributed by atoms with Crippen molar-refractivity contribution in [2.24, 2.45) is 0 Å². The summed E-state index contributed by atoms with van der Waals surface area (Å²) in [7, 11) is 0. The van der Waals surface area contributed by atoms with Gasteiger partial charge in [-0.3, -0.25) is 0 Å². The lowest BCUT2D eigenvalue weighted by molar-refractivity contribution is 0.474. The summed E-state index contributed by atoms with van der Waals surface area (Å²) in [5.41, 5.74) is 5.67. The summed E-state index contributed by atoms with van der Waals surface area (Å²) in [6.07, 6.45) is 0. The van der Waals surface area contributed by atoms with Crippen LogP contribution in [0.1, 0.15) is 34.3 Å². The predicted octanol–water partition coefficient (Wildman–Crippen LogP) is 6.00. The van der Waals surface area contributed by atoms with Crippen molar-refractivity contribution in [1.29, 1.82) is 0 Å². The molecule has 0 bridgehead atoms. The van der Waals surface area contributed by atoms with Gasteiger partial charge < -0.3 is 15.4 Å². The van der Waals surface area contributed by atoms with Crippen molar-refractivity contribution in [2.45, 2.75) is 12.0 Å². The Morgan fingerprint density at radius 3 is 2.50 bits per heavy atom. The number of nitrogens with one attached hydrogen (secondary N) is 2. The molecule has 5 rings (SSSR count). The molecule has 1 aliphatic heterocycles. The molecule has 3 aromatic carbocycles. The molecule has 5 heteroatoms. The van der Waals surface area contributed by atoms with Crippen LogP contribution in [0.5, 0.6) is 5.75 Å². The van der Waals surface area contributed by atoms with E-state index in [-0.39, 0.29) is 17.7 Å². The van der Waals surface area contributed by atoms with Crippen LogP contribution in [0, 0.1) is 0 Å². The van der Waals surface area contributed by atoms with Gasteiger partial charge in [0, 0.05) is 39.1 Å². The Hall–Kier alpha value is -2.46. The molecule has 3 nitrogen and oxygen atoms in total. The fourth-order valence-corrected chi connectivity index (χ4v) is 4.77. The molecule has 1 aromatic heterocycles. The molecule has 0 amide bonds. The number of phenols is 1. The van der Waals surface area contributed by atoms with Crippen molar-refractivity contribution >= 4 is 34.1 Å². The maximum Gasteiger partial charge on any atom is 0.115 e. The van der Waals surface area contributed by atoms with E-state index >= 15 is 0 Å². The molecule has 0 saturated carbocycles. The molecular weight excluding hydrogens is 391 g/mol. The van der Waals surface area contributed by atoms with Crippen LogP contribution >= 0.6 is 23.2 Å². The molecule has 2 atom stereocenters. The maximum absolute atomic E-state index is 9.65. The third kappa shape index (κ3) is 2.87. The second-order valence-electron chi connectivity index (χ2n) is 7.15. The summed E-state index contributed by atoms with van der Waals surface area (Å²) in [5, 5.41) is 15.8. The number of phenolic OH excluding ortho intramolecular Hbond substituents is 1. The molecule has 0 unspecified atom stereocenters. The van der Waals surface area contributed by atoms with E-state index in [1.54, 1.807) is 18.2 Å². The Morgan fingerprint density at radius 1 is 0.929 bits per heavy atom. The quantitative estimate of drug-likeness (QED) is 0.380. The number of rotatable bonds is 2. The van der Waals surface area contributed by atoms with Crippen LogP contribution < -0.4 is 5.32 Å². The van der Waals surface area contributed by atoms with Gasteiger partial charge >= 0.3 is 0 Å². The first-order chi connectivity index (χ1) is 13.6. The smallest absolute Gasteiger partial charge is 0.115 e. The lowest BCUT2D eigenvalue weighted by atomic mass is 9.83. The number of aromatic nitrogens is 1. The Morgan fingerprint density at radius 2 is 1.71 bits per heavy atom. The summed E-state index contributed by atoms with van der Waals surface area (Å²) in [6, 6.07) is 21.4. The van der Waals surface area contributed by atoms with Gasteiger partial charge in [-0.05, 0) is 47.0 Å². The van der Waals surface area contributed by atoms with Crippen LogP contribution in [0.25, 0.3) is 10.9 Å². The topological polar surface area (TPSA) is 48.0 Å². The zero-order chi connectivity index (χ0) is 19.3. The van der Waals surface area contributed by atoms with E-state index in [9.17, 15) is 5.11 Å². The standard InChI is InChI=1S/C23H18Cl2N2O/c24-14-7-10-16(19(25)11-14)18-12-26-22(13-5-8-15(28)9-6-13)23-21(18)17-3-1-2-4-20(17)27-23/h1-11,18,22,26-28H,12H2/t18-,22+/m0/s1. The van der Waals surface area contributed by atoms with Gasteiger partial charge in [0.1, 0.15) is 5.75 Å². The van der Waals surface area contributed by atoms with E-state index in [1.165, 1.54) is 10.9 Å². The van der Waals surface area contributed by atoms with Crippen molar-refractivity contribution in [3.8, 4) is 5.75 Å². The predicted molar refractivity (Wildman–Crippen MR) is 115 cm³/mol. The van der Waals surface area contributed by atoms with E-state index in [4.69, 9.17) is 23.2 Å². The number of hydrogen-bond donors (Lipinski definition) is 3. The average Bonchev–Trinajstić information content (AvgIpc) is 3.08. The highest BCUT2D eigenvalue weighted by Crippen LogP contribution is 2.43. The third-order valence-corrected chi connectivity index (χ3v) is 6.07. The van der Waals surface area contributed by atoms with Gasteiger partial charge in [-0.1, -0.05) is 59.6 Å². The van der Waals surface area contributed by atoms with Gasteiger partial charge in [-0.2, -0.15) is 0 Å². The Kier molecular flexibility index (Phi) is 4.31. The van der Waals surface area contributed by atoms with Crippen LogP contribution in [0.3, 0.4) is 0 Å². The number of benzene rings is 3. The van der Waals surface area contributed by atoms with Gasteiger partial charge in [0.2, 0.25) is 0 Å². The highest BCUT2D eigenvalue weighted by atomic mass is 35.5. The minimum absolute atomic E-state index is 0.0188. The molecular formula is C23H18Cl2N2O. The first-order valence-corrected chi connectivity index (χ1v) is 9.95. The molecule has 28 heavy (non-hydrogen) atoms. The molecule has 0 spiro atoms. The van der Waals surface area contributed by atoms with E-state index in [0.717, 1.165) is 28.9 Å². The van der Waals surface area contributed by atoms with Crippen LogP contribution in [0.2, 0.25) is 10.0 Å². The van der Waals surface area contributed by atoms with E-state index < -0.39 is 0 Å². The van der Waals surface area contributed by atoms with Crippen molar-refractivity contribution in [3.63, 3.8) is 0 Å². The van der Waals surface area contributed by atoms with E-state index in [1.807, 2.05) is 30.3 Å². The molecule has 0 fully saturated rings. The molecule has 2 heterocycles. The number of para-hydroxylation sites is 1. The largest absolute Gasteiger partial charge is 0.508 e. The zero-order valence-corrected chi connectivity index (χ0v) is 16.4. The van der Waals surface area contributed by atoms with Crippen LogP contribution in [-0.4, -0.2) is 16.6 Å². The monoisotopic (exact) mass is 408 g/mol. The average molecular weight is 409 g/mol. The lowest BCUT2D eigenvalue weighted by Gasteiger charge is -2.32. The van der Waals surface area contributed by atoms with Gasteiger partial charge in [0.05, 0.1) is 6.04 Å². The first-order valence-electron chi connectivity index (χ1n) is 9.19. The van der Waals surface area contributed by atoms with Crippen LogP contribution in [0.15, 0.2) is 66.7 Å². The SMILES string of the molecule is Oc1ccc([C@H]2NC[C@@H](c3ccc(Cl)cc3Cl)c3c2[nH]c2ccccc32)cc1. The Labute approximate surface area is 172 Å². The Bertz CT molecular complexity index is 1170. The number of H-pyrrole nitrogens is 1. The fraction of sp³-hybridized carbons (Fsp3) is 0.130. The van der Waals surface area contributed by atoms with E-state index in [2.05, 4.69) is 28.5 Å². The van der Waals surface area contributed by atoms with Gasteiger partial charge in [0.15, 0.2) is 0 Å². The second kappa shape index (κ2) is 6.85. The molecule has 0 saturated heterocycles. The summed E-state index contributed by atoms with van der Waals surface area (Å²) < 4.78 is 0. The normalized spacial score (nSPS) is 18.9. The molecule has 1 aliphatic rings. The van der Waals surface area contributed by atoms with Crippen LogP contribution in [0.4, 0.5) is 0 Å². The molecule has 0 radical (unpaired) electrons. The summed E-state index contributed by atoms with van der Waals surface area (Å²) in [6.45, 7) is 0.752. The highest BCUT2D eigenvalue weighted by molar-refractivity contribution is 6.35. The minimum atomic E-state index is 0.0188. The van der Waals surface area contributed by atoms with Gasteiger partial charge in [0.25, 0.3) is 0 Å².